The van der Waals surface area contributed by atoms with Gasteiger partial charge in [0.2, 0.25) is 11.6 Å². The maximum absolute atomic E-state index is 12.6. The molecule has 0 radical (unpaired) electrons. The molecule has 3 heterocycles. The highest BCUT2D eigenvalue weighted by molar-refractivity contribution is 7.85. The maximum atomic E-state index is 12.6. The van der Waals surface area contributed by atoms with Crippen molar-refractivity contribution in [1.82, 2.24) is 20.9 Å². The Labute approximate surface area is 502 Å². The third-order valence-corrected chi connectivity index (χ3v) is 14.9. The Balaban J connectivity index is 0.00000104. The van der Waals surface area contributed by atoms with Gasteiger partial charge in [0, 0.05) is 91.9 Å². The van der Waals surface area contributed by atoms with Crippen molar-refractivity contribution < 1.29 is 96.4 Å². The van der Waals surface area contributed by atoms with Crippen molar-refractivity contribution in [2.24, 2.45) is 10.7 Å². The van der Waals surface area contributed by atoms with Crippen molar-refractivity contribution in [3.05, 3.63) is 112 Å². The largest absolute Gasteiger partial charge is 0.748 e. The molecule has 5 rings (SSSR count). The minimum atomic E-state index is -5.08. The number of nitrogens with zero attached hydrogens (tertiary/aromatic N) is 4. The molecule has 10 N–H and O–H groups in total. The predicted octanol–water partition coefficient (Wildman–Crippen LogP) is 9.59. The molecule has 1 aromatic heterocycles. The van der Waals surface area contributed by atoms with Crippen molar-refractivity contribution in [3.63, 3.8) is 0 Å². The second-order valence-electron chi connectivity index (χ2n) is 20.5. The van der Waals surface area contributed by atoms with Crippen LogP contribution in [-0.4, -0.2) is 136 Å². The molecule has 3 aromatic rings. The number of carboxylic acid groups (broad SMARTS) is 3. The van der Waals surface area contributed by atoms with Crippen LogP contribution in [0.25, 0.3) is 0 Å². The molecule has 0 saturated carbocycles. The molecule has 2 aliphatic heterocycles. The van der Waals surface area contributed by atoms with Crippen LogP contribution in [-0.2, 0) is 46.7 Å². The van der Waals surface area contributed by atoms with Crippen LogP contribution in [0.1, 0.15) is 126 Å². The first-order valence-electron chi connectivity index (χ1n) is 27.2. The Morgan fingerprint density at radius 1 is 0.747 bits per heavy atom. The number of hydrogen-bond acceptors (Lipinski definition) is 13. The number of benzene rings is 2. The van der Waals surface area contributed by atoms with Crippen LogP contribution in [0.2, 0.25) is 0 Å². The van der Waals surface area contributed by atoms with E-state index in [2.05, 4.69) is 130 Å². The second kappa shape index (κ2) is 34.7. The van der Waals surface area contributed by atoms with E-state index < -0.39 is 46.6 Å². The van der Waals surface area contributed by atoms with E-state index in [0.717, 1.165) is 86.3 Å². The van der Waals surface area contributed by atoms with Crippen LogP contribution in [0.15, 0.2) is 89.6 Å². The standard InChI is InChI=1S/C50H71N9O5S2.3C2HF3O2/c1-37-43(65-47(52)56-37)28-22-33-54-46(51)57-48(61)55-32-18-7-6-17-31-53-45(60)30-12-9-19-35-59-41(38-23-13-14-24-39(38)50(59,4)5)26-10-8-11-29-44-49(2,3)40-25-15-16-27-42(40)58(44)34-20-21-36-66(62,63)64;3*3-2(4,5)1(6)7/h8,10-11,13-16,23-27,29H,6-7,9,12,17-22,28,30-36H2,1-5H3,(H7-,51,52,53,54,55,56,57,60,61,62,63,64);3*(H,6,7). The van der Waals surface area contributed by atoms with Crippen LogP contribution >= 0.6 is 11.3 Å². The van der Waals surface area contributed by atoms with Crippen LogP contribution < -0.4 is 32.3 Å². The summed E-state index contributed by atoms with van der Waals surface area (Å²) < 4.78 is 131. The summed E-state index contributed by atoms with van der Waals surface area (Å²) in [4.78, 5) is 63.3. The van der Waals surface area contributed by atoms with Gasteiger partial charge in [-0.25, -0.2) is 37.2 Å². The first-order valence-corrected chi connectivity index (χ1v) is 29.6. The zero-order valence-electron chi connectivity index (χ0n) is 48.5. The molecular weight excluding hydrogens is 1210 g/mol. The minimum absolute atomic E-state index is 0.0875. The molecule has 2 aliphatic rings. The van der Waals surface area contributed by atoms with Crippen molar-refractivity contribution in [2.75, 3.05) is 49.1 Å². The number of guanidine groups is 1. The number of aliphatic carboxylic acids is 3. The highest BCUT2D eigenvalue weighted by Gasteiger charge is 2.44. The van der Waals surface area contributed by atoms with E-state index in [1.54, 1.807) is 0 Å². The average molecular weight is 1280 g/mol. The van der Waals surface area contributed by atoms with E-state index in [9.17, 15) is 62.1 Å². The minimum Gasteiger partial charge on any atom is -0.748 e. The van der Waals surface area contributed by atoms with Gasteiger partial charge in [0.15, 0.2) is 16.6 Å². The molecule has 0 fully saturated rings. The predicted molar refractivity (Wildman–Crippen MR) is 309 cm³/mol. The van der Waals surface area contributed by atoms with E-state index in [0.29, 0.717) is 50.6 Å². The molecule has 484 valence electrons. The number of nitrogens with two attached hydrogens (primary N) is 2. The molecule has 0 spiro atoms. The SMILES string of the molecule is Cc1nc(N)sc1CCCN=C(N)NC(=O)NCCCCCCNC(=O)CCCCC[N+]1=C(/C=C/C=C/C=C2\N(CCCCS(=O)(=O)[O-])c3ccccc3C2(C)C)c2ccccc2C1(C)C.O=C(O)C(F)(F)F.O=C(O)C(F)(F)F.O=C(O)C(F)(F)F. The average Bonchev–Trinajstić information content (AvgIpc) is 1.65. The molecular formula is C56H74F9N9O11S2. The molecule has 20 nitrogen and oxygen atoms in total. The Kier molecular flexibility index (Phi) is 30.1. The van der Waals surface area contributed by atoms with Crippen molar-refractivity contribution in [2.45, 2.75) is 141 Å². The van der Waals surface area contributed by atoms with Crippen LogP contribution in [0, 0.1) is 6.92 Å². The monoisotopic (exact) mass is 1280 g/mol. The Morgan fingerprint density at radius 2 is 1.29 bits per heavy atom. The van der Waals surface area contributed by atoms with Gasteiger partial charge in [0.05, 0.1) is 21.4 Å². The van der Waals surface area contributed by atoms with E-state index in [4.69, 9.17) is 41.2 Å². The first-order chi connectivity index (χ1) is 40.3. The van der Waals surface area contributed by atoms with Crippen LogP contribution in [0.4, 0.5) is 55.1 Å². The van der Waals surface area contributed by atoms with Crippen molar-refractivity contribution in [3.8, 4) is 0 Å². The molecule has 0 aliphatic carbocycles. The number of rotatable bonds is 25. The fourth-order valence-electron chi connectivity index (χ4n) is 8.88. The number of thiazole rings is 1. The van der Waals surface area contributed by atoms with Crippen LogP contribution in [0.3, 0.4) is 0 Å². The summed E-state index contributed by atoms with van der Waals surface area (Å²) >= 11 is 1.49. The lowest BCUT2D eigenvalue weighted by Gasteiger charge is -2.27. The highest BCUT2D eigenvalue weighted by atomic mass is 32.2. The number of alkyl halides is 9. The Hall–Kier alpha value is -7.54. The first kappa shape index (κ1) is 75.6. The van der Waals surface area contributed by atoms with Gasteiger partial charge in [-0.3, -0.25) is 15.1 Å². The summed E-state index contributed by atoms with van der Waals surface area (Å²) in [5, 5.41) is 30.4. The molecule has 0 bridgehead atoms. The summed E-state index contributed by atoms with van der Waals surface area (Å²) in [7, 11) is -4.24. The summed E-state index contributed by atoms with van der Waals surface area (Å²) in [5.41, 5.74) is 19.3. The quantitative estimate of drug-likeness (QED) is 0.00744. The summed E-state index contributed by atoms with van der Waals surface area (Å²) in [6.07, 6.45) is 4.70. The number of unbranched alkanes of at least 4 members (excludes halogenated alkanes) is 6. The number of fused-ring (bicyclic) bond motifs is 2. The van der Waals surface area contributed by atoms with E-state index in [-0.39, 0.29) is 34.6 Å². The van der Waals surface area contributed by atoms with Gasteiger partial charge >= 0.3 is 42.5 Å². The number of carboxylic acids is 3. The summed E-state index contributed by atoms with van der Waals surface area (Å²) in [6.45, 7) is 14.1. The normalized spacial score (nSPS) is 15.0. The topological polar surface area (TPSA) is 323 Å². The number of aromatic nitrogens is 1. The number of urea groups is 1. The Morgan fingerprint density at radius 3 is 1.84 bits per heavy atom. The van der Waals surface area contributed by atoms with Gasteiger partial charge in [0.1, 0.15) is 6.54 Å². The van der Waals surface area contributed by atoms with Gasteiger partial charge in [-0.2, -0.15) is 39.5 Å². The Bertz CT molecular complexity index is 3010. The fourth-order valence-corrected chi connectivity index (χ4v) is 10.3. The van der Waals surface area contributed by atoms with Gasteiger partial charge < -0.3 is 46.9 Å². The third-order valence-electron chi connectivity index (χ3n) is 13.1. The fraction of sp³-hybridized carbons (Fsp3) is 0.500. The number of carbonyl (C=O) groups excluding carboxylic acids is 2. The van der Waals surface area contributed by atoms with E-state index >= 15 is 0 Å². The number of para-hydroxylation sites is 1. The number of amides is 3. The molecule has 0 atom stereocenters. The highest BCUT2D eigenvalue weighted by Crippen LogP contribution is 2.47. The maximum Gasteiger partial charge on any atom is 0.490 e. The number of anilines is 2. The number of carbonyl (C=O) groups is 5. The number of halogens is 9. The summed E-state index contributed by atoms with van der Waals surface area (Å²) in [5.74, 6) is -8.44. The molecule has 31 heteroatoms. The zero-order valence-corrected chi connectivity index (χ0v) is 50.1. The van der Waals surface area contributed by atoms with Gasteiger partial charge in [0.25, 0.3) is 0 Å². The number of aryl methyl sites for hydroxylation is 2. The van der Waals surface area contributed by atoms with Gasteiger partial charge in [-0.05, 0) is 82.1 Å². The van der Waals surface area contributed by atoms with E-state index in [1.807, 2.05) is 19.1 Å². The molecule has 87 heavy (non-hydrogen) atoms. The third kappa shape index (κ3) is 27.0. The van der Waals surface area contributed by atoms with Gasteiger partial charge in [-0.15, -0.1) is 11.3 Å². The van der Waals surface area contributed by atoms with E-state index in [1.165, 1.54) is 33.7 Å². The van der Waals surface area contributed by atoms with Gasteiger partial charge in [-0.1, -0.05) is 81.3 Å². The molecule has 3 amide bonds. The number of aliphatic imine (C=N–C) groups is 1. The lowest BCUT2D eigenvalue weighted by Crippen LogP contribution is -2.43. The second-order valence-corrected chi connectivity index (χ2v) is 23.1. The van der Waals surface area contributed by atoms with Crippen LogP contribution in [0.5, 0.6) is 0 Å². The number of hydrogen-bond donors (Lipinski definition) is 8. The lowest BCUT2D eigenvalue weighted by atomic mass is 9.84. The number of allylic oxidation sites excluding steroid dienone is 6. The van der Waals surface area contributed by atoms with Crippen molar-refractivity contribution in [1.29, 1.82) is 0 Å². The number of nitrogen functional groups attached to an aromatic ring is 1. The summed E-state index contributed by atoms with van der Waals surface area (Å²) in [6, 6.07) is 16.5. The molecule has 0 unspecified atom stereocenters. The molecule has 0 saturated heterocycles. The molecule has 2 aromatic carbocycles. The zero-order chi connectivity index (χ0) is 66.0. The smallest absolute Gasteiger partial charge is 0.490 e. The number of nitrogens with one attached hydrogen (secondary N) is 3. The van der Waals surface area contributed by atoms with Crippen molar-refractivity contribution >= 4 is 73.8 Å². The lowest BCUT2D eigenvalue weighted by molar-refractivity contribution is -0.604.